The molecule has 1 aliphatic heterocycles. The van der Waals surface area contributed by atoms with Gasteiger partial charge in [0.15, 0.2) is 0 Å². The summed E-state index contributed by atoms with van der Waals surface area (Å²) in [4.78, 5) is 11.3. The first-order valence-electron chi connectivity index (χ1n) is 10.4. The lowest BCUT2D eigenvalue weighted by Gasteiger charge is -2.39. The normalized spacial score (nSPS) is 20.9. The van der Waals surface area contributed by atoms with Crippen molar-refractivity contribution in [3.8, 4) is 0 Å². The van der Waals surface area contributed by atoms with E-state index < -0.39 is 14.6 Å². The second-order valence-electron chi connectivity index (χ2n) is 7.57. The van der Waals surface area contributed by atoms with Gasteiger partial charge in [0.2, 0.25) is 6.29 Å². The maximum atomic E-state index is 11.3. The minimum Gasteiger partial charge on any atom is -0.432 e. The second kappa shape index (κ2) is 9.43. The molecule has 0 saturated carbocycles. The van der Waals surface area contributed by atoms with Crippen LogP contribution in [0.1, 0.15) is 13.8 Å². The minimum atomic E-state index is -2.85. The summed E-state index contributed by atoms with van der Waals surface area (Å²) in [6.07, 6.45) is 2.45. The lowest BCUT2D eigenvalue weighted by Crippen LogP contribution is -2.71. The first-order chi connectivity index (χ1) is 15.1. The largest absolute Gasteiger partial charge is 0.432 e. The third-order valence-corrected chi connectivity index (χ3v) is 9.47. The SMILES string of the molecule is CC(=O)O[C@@H]1C=C[C@H](O[Si](c2ccccc2)(c2ccccc2)c2ccccc2)[C@H](C)O1. The van der Waals surface area contributed by atoms with Gasteiger partial charge in [0, 0.05) is 6.92 Å². The summed E-state index contributed by atoms with van der Waals surface area (Å²) in [5.41, 5.74) is 0. The molecule has 0 fully saturated rings. The Morgan fingerprint density at radius 1 is 0.774 bits per heavy atom. The van der Waals surface area contributed by atoms with Crippen LogP contribution in [-0.2, 0) is 18.7 Å². The number of carbonyl (C=O) groups is 1. The van der Waals surface area contributed by atoms with Gasteiger partial charge in [-0.25, -0.2) is 0 Å². The molecule has 158 valence electrons. The van der Waals surface area contributed by atoms with Gasteiger partial charge in [0.1, 0.15) is 0 Å². The number of esters is 1. The maximum absolute atomic E-state index is 11.3. The Bertz CT molecular complexity index is 924. The third-order valence-electron chi connectivity index (χ3n) is 5.41. The van der Waals surface area contributed by atoms with Crippen molar-refractivity contribution >= 4 is 29.8 Å². The molecule has 0 N–H and O–H groups in total. The van der Waals surface area contributed by atoms with E-state index in [1.165, 1.54) is 6.92 Å². The van der Waals surface area contributed by atoms with Gasteiger partial charge in [-0.05, 0) is 28.6 Å². The molecule has 3 aromatic rings. The van der Waals surface area contributed by atoms with Crippen molar-refractivity contribution in [2.24, 2.45) is 0 Å². The van der Waals surface area contributed by atoms with Crippen molar-refractivity contribution < 1.29 is 18.7 Å². The van der Waals surface area contributed by atoms with E-state index in [1.54, 1.807) is 6.08 Å². The molecule has 0 unspecified atom stereocenters. The van der Waals surface area contributed by atoms with E-state index in [1.807, 2.05) is 31.2 Å². The standard InChI is InChI=1S/C26H26O4Si/c1-20-25(18-19-26(28-20)29-21(2)27)30-31(22-12-6-3-7-13-22,23-14-8-4-9-15-23)24-16-10-5-11-17-24/h3-20,25-26H,1-2H3/t20-,25-,26+/m0/s1. The van der Waals surface area contributed by atoms with Crippen molar-refractivity contribution in [2.45, 2.75) is 32.3 Å². The average Bonchev–Trinajstić information content (AvgIpc) is 2.80. The molecule has 0 amide bonds. The van der Waals surface area contributed by atoms with Crippen LogP contribution in [0.2, 0.25) is 0 Å². The number of benzene rings is 3. The number of hydrogen-bond donors (Lipinski definition) is 0. The fraction of sp³-hybridized carbons (Fsp3) is 0.192. The van der Waals surface area contributed by atoms with Crippen LogP contribution in [0.15, 0.2) is 103 Å². The Hall–Kier alpha value is -2.99. The Morgan fingerprint density at radius 2 is 1.23 bits per heavy atom. The molecule has 1 aliphatic rings. The highest BCUT2D eigenvalue weighted by Gasteiger charge is 2.45. The van der Waals surface area contributed by atoms with Crippen molar-refractivity contribution in [3.05, 3.63) is 103 Å². The summed E-state index contributed by atoms with van der Waals surface area (Å²) in [7, 11) is -2.85. The van der Waals surface area contributed by atoms with Crippen LogP contribution >= 0.6 is 0 Å². The Kier molecular flexibility index (Phi) is 6.46. The molecule has 4 rings (SSSR count). The van der Waals surface area contributed by atoms with Crippen molar-refractivity contribution in [1.82, 2.24) is 0 Å². The zero-order valence-corrected chi connectivity index (χ0v) is 18.7. The van der Waals surface area contributed by atoms with Gasteiger partial charge in [-0.15, -0.1) is 0 Å². The van der Waals surface area contributed by atoms with Gasteiger partial charge in [-0.3, -0.25) is 4.79 Å². The van der Waals surface area contributed by atoms with Gasteiger partial charge in [0.05, 0.1) is 12.2 Å². The predicted molar refractivity (Wildman–Crippen MR) is 124 cm³/mol. The highest BCUT2D eigenvalue weighted by Crippen LogP contribution is 2.21. The Balaban J connectivity index is 1.82. The zero-order valence-electron chi connectivity index (χ0n) is 17.7. The summed E-state index contributed by atoms with van der Waals surface area (Å²) in [6.45, 7) is 3.33. The zero-order chi connectivity index (χ0) is 21.7. The average molecular weight is 431 g/mol. The number of rotatable bonds is 6. The monoisotopic (exact) mass is 430 g/mol. The number of ether oxygens (including phenoxy) is 2. The lowest BCUT2D eigenvalue weighted by molar-refractivity contribution is -0.182. The van der Waals surface area contributed by atoms with E-state index >= 15 is 0 Å². The highest BCUT2D eigenvalue weighted by molar-refractivity contribution is 7.07. The summed E-state index contributed by atoms with van der Waals surface area (Å²) >= 11 is 0. The predicted octanol–water partition coefficient (Wildman–Crippen LogP) is 2.90. The smallest absolute Gasteiger partial charge is 0.305 e. The maximum Gasteiger partial charge on any atom is 0.305 e. The van der Waals surface area contributed by atoms with Crippen LogP contribution < -0.4 is 15.6 Å². The fourth-order valence-electron chi connectivity index (χ4n) is 3.98. The van der Waals surface area contributed by atoms with Crippen molar-refractivity contribution in [1.29, 1.82) is 0 Å². The highest BCUT2D eigenvalue weighted by atomic mass is 28.4. The van der Waals surface area contributed by atoms with Crippen LogP contribution in [0.25, 0.3) is 0 Å². The van der Waals surface area contributed by atoms with Gasteiger partial charge in [-0.2, -0.15) is 0 Å². The van der Waals surface area contributed by atoms with E-state index in [0.717, 1.165) is 15.6 Å². The van der Waals surface area contributed by atoms with Gasteiger partial charge < -0.3 is 13.9 Å². The van der Waals surface area contributed by atoms with Crippen LogP contribution in [0, 0.1) is 0 Å². The molecule has 3 aromatic carbocycles. The summed E-state index contributed by atoms with van der Waals surface area (Å²) in [5, 5.41) is 3.49. The van der Waals surface area contributed by atoms with Crippen LogP contribution in [0.3, 0.4) is 0 Å². The second-order valence-corrected chi connectivity index (χ2v) is 10.9. The molecule has 0 saturated heterocycles. The Labute approximate surface area is 184 Å². The lowest BCUT2D eigenvalue weighted by atomic mass is 10.2. The first kappa shape index (κ1) is 21.2. The van der Waals surface area contributed by atoms with E-state index in [-0.39, 0.29) is 18.2 Å². The van der Waals surface area contributed by atoms with Crippen molar-refractivity contribution in [2.75, 3.05) is 0 Å². The Morgan fingerprint density at radius 3 is 1.61 bits per heavy atom. The molecule has 0 aromatic heterocycles. The van der Waals surface area contributed by atoms with E-state index in [9.17, 15) is 4.79 Å². The summed E-state index contributed by atoms with van der Waals surface area (Å²) < 4.78 is 18.2. The first-order valence-corrected chi connectivity index (χ1v) is 12.4. The summed E-state index contributed by atoms with van der Waals surface area (Å²) in [6, 6.07) is 31.3. The molecule has 31 heavy (non-hydrogen) atoms. The molecular weight excluding hydrogens is 404 g/mol. The van der Waals surface area contributed by atoms with Gasteiger partial charge >= 0.3 is 5.97 Å². The van der Waals surface area contributed by atoms with E-state index in [0.29, 0.717) is 0 Å². The fourth-order valence-corrected chi connectivity index (χ4v) is 8.06. The van der Waals surface area contributed by atoms with Crippen LogP contribution in [0.4, 0.5) is 0 Å². The number of carbonyl (C=O) groups excluding carboxylic acids is 1. The minimum absolute atomic E-state index is 0.280. The van der Waals surface area contributed by atoms with E-state index in [2.05, 4.69) is 72.8 Å². The van der Waals surface area contributed by atoms with Crippen molar-refractivity contribution in [3.63, 3.8) is 0 Å². The van der Waals surface area contributed by atoms with Gasteiger partial charge in [-0.1, -0.05) is 97.1 Å². The molecule has 4 nitrogen and oxygen atoms in total. The molecular formula is C26H26O4Si. The molecule has 0 spiro atoms. The van der Waals surface area contributed by atoms with Crippen LogP contribution in [-0.4, -0.2) is 32.8 Å². The quantitative estimate of drug-likeness (QED) is 0.261. The topological polar surface area (TPSA) is 44.8 Å². The summed E-state index contributed by atoms with van der Waals surface area (Å²) in [5.74, 6) is -0.372. The van der Waals surface area contributed by atoms with Gasteiger partial charge in [0.25, 0.3) is 8.32 Å². The molecule has 5 heteroatoms. The third kappa shape index (κ3) is 4.54. The molecule has 0 bridgehead atoms. The molecule has 3 atom stereocenters. The van der Waals surface area contributed by atoms with E-state index in [4.69, 9.17) is 13.9 Å². The molecule has 0 radical (unpaired) electrons. The van der Waals surface area contributed by atoms with Crippen LogP contribution in [0.5, 0.6) is 0 Å². The number of hydrogen-bond acceptors (Lipinski definition) is 4. The molecule has 1 heterocycles. The molecule has 0 aliphatic carbocycles.